The zero-order valence-corrected chi connectivity index (χ0v) is 10.6. The van der Waals surface area contributed by atoms with Crippen molar-refractivity contribution in [3.05, 3.63) is 34.1 Å². The van der Waals surface area contributed by atoms with Gasteiger partial charge >= 0.3 is 0 Å². The van der Waals surface area contributed by atoms with Crippen molar-refractivity contribution in [2.24, 2.45) is 5.92 Å². The van der Waals surface area contributed by atoms with Crippen LogP contribution in [0.1, 0.15) is 30.7 Å². The van der Waals surface area contributed by atoms with E-state index in [1.165, 1.54) is 19.3 Å². The minimum Gasteiger partial charge on any atom is -0.314 e. The normalized spacial score (nSPS) is 28.1. The maximum atomic E-state index is 13.4. The molecule has 0 radical (unpaired) electrons. The maximum absolute atomic E-state index is 13.4. The summed E-state index contributed by atoms with van der Waals surface area (Å²) in [5.41, 5.74) is 1.16. The van der Waals surface area contributed by atoms with E-state index in [-0.39, 0.29) is 5.82 Å². The first-order valence-corrected chi connectivity index (χ1v) is 6.71. The number of rotatable bonds is 4. The minimum atomic E-state index is -0.140. The van der Waals surface area contributed by atoms with E-state index >= 15 is 0 Å². The highest BCUT2D eigenvalue weighted by Crippen LogP contribution is 2.47. The van der Waals surface area contributed by atoms with Crippen LogP contribution in [0.25, 0.3) is 0 Å². The Labute approximate surface area is 104 Å². The van der Waals surface area contributed by atoms with Crippen molar-refractivity contribution in [1.29, 1.82) is 0 Å². The van der Waals surface area contributed by atoms with Crippen LogP contribution < -0.4 is 5.32 Å². The summed E-state index contributed by atoms with van der Waals surface area (Å²) in [4.78, 5) is 0. The van der Waals surface area contributed by atoms with E-state index in [4.69, 9.17) is 0 Å². The Morgan fingerprint density at radius 2 is 2.19 bits per heavy atom. The molecule has 2 saturated carbocycles. The summed E-state index contributed by atoms with van der Waals surface area (Å²) < 4.78 is 13.9. The second-order valence-corrected chi connectivity index (χ2v) is 5.81. The summed E-state index contributed by atoms with van der Waals surface area (Å²) in [6.45, 7) is 1.10. The van der Waals surface area contributed by atoms with Gasteiger partial charge < -0.3 is 5.32 Å². The highest BCUT2D eigenvalue weighted by Gasteiger charge is 2.39. The van der Waals surface area contributed by atoms with Crippen LogP contribution in [0.3, 0.4) is 0 Å². The molecule has 0 heterocycles. The van der Waals surface area contributed by atoms with Crippen molar-refractivity contribution in [2.75, 3.05) is 6.54 Å². The van der Waals surface area contributed by atoms with E-state index in [2.05, 4.69) is 21.2 Å². The average molecular weight is 284 g/mol. The zero-order valence-electron chi connectivity index (χ0n) is 9.05. The second-order valence-electron chi connectivity index (χ2n) is 4.96. The number of hydrogen-bond acceptors (Lipinski definition) is 1. The predicted molar refractivity (Wildman–Crippen MR) is 66.0 cm³/mol. The lowest BCUT2D eigenvalue weighted by atomic mass is 10.1. The SMILES string of the molecule is Fc1cc(C2CC2CNC2CC2)ccc1Br. The Hall–Kier alpha value is -0.410. The molecule has 1 aromatic carbocycles. The van der Waals surface area contributed by atoms with Crippen molar-refractivity contribution in [3.8, 4) is 0 Å². The van der Waals surface area contributed by atoms with Crippen LogP contribution in [0.5, 0.6) is 0 Å². The largest absolute Gasteiger partial charge is 0.314 e. The van der Waals surface area contributed by atoms with Crippen molar-refractivity contribution >= 4 is 15.9 Å². The van der Waals surface area contributed by atoms with Crippen LogP contribution in [-0.2, 0) is 0 Å². The molecule has 2 unspecified atom stereocenters. The van der Waals surface area contributed by atoms with Gasteiger partial charge in [-0.2, -0.15) is 0 Å². The molecule has 0 aromatic heterocycles. The molecule has 2 atom stereocenters. The summed E-state index contributed by atoms with van der Waals surface area (Å²) >= 11 is 3.18. The smallest absolute Gasteiger partial charge is 0.137 e. The van der Waals surface area contributed by atoms with Crippen LogP contribution in [0.4, 0.5) is 4.39 Å². The van der Waals surface area contributed by atoms with Gasteiger partial charge in [-0.15, -0.1) is 0 Å². The first-order chi connectivity index (χ1) is 7.74. The molecule has 2 fully saturated rings. The average Bonchev–Trinajstić information content (AvgIpc) is 3.13. The van der Waals surface area contributed by atoms with Crippen LogP contribution in [0.15, 0.2) is 22.7 Å². The van der Waals surface area contributed by atoms with Gasteiger partial charge in [0.05, 0.1) is 4.47 Å². The number of nitrogens with one attached hydrogen (secondary N) is 1. The van der Waals surface area contributed by atoms with Crippen molar-refractivity contribution < 1.29 is 4.39 Å². The summed E-state index contributed by atoms with van der Waals surface area (Å²) in [5, 5.41) is 3.54. The van der Waals surface area contributed by atoms with Crippen molar-refractivity contribution in [1.82, 2.24) is 5.32 Å². The number of hydrogen-bond donors (Lipinski definition) is 1. The predicted octanol–water partition coefficient (Wildman–Crippen LogP) is 3.44. The standard InChI is InChI=1S/C13H15BrFN/c14-12-4-1-8(6-13(12)15)11-5-9(11)7-16-10-2-3-10/h1,4,6,9-11,16H,2-3,5,7H2. The summed E-state index contributed by atoms with van der Waals surface area (Å²) in [6.07, 6.45) is 3.88. The Morgan fingerprint density at radius 3 is 2.88 bits per heavy atom. The van der Waals surface area contributed by atoms with E-state index in [0.29, 0.717) is 10.4 Å². The molecule has 3 heteroatoms. The fourth-order valence-corrected chi connectivity index (χ4v) is 2.48. The zero-order chi connectivity index (χ0) is 11.1. The molecule has 0 spiro atoms. The molecule has 0 amide bonds. The highest BCUT2D eigenvalue weighted by atomic mass is 79.9. The van der Waals surface area contributed by atoms with Gasteiger partial charge in [0.25, 0.3) is 0 Å². The fourth-order valence-electron chi connectivity index (χ4n) is 2.23. The Morgan fingerprint density at radius 1 is 1.38 bits per heavy atom. The van der Waals surface area contributed by atoms with Gasteiger partial charge in [-0.25, -0.2) is 4.39 Å². The highest BCUT2D eigenvalue weighted by molar-refractivity contribution is 9.10. The minimum absolute atomic E-state index is 0.140. The lowest BCUT2D eigenvalue weighted by Crippen LogP contribution is -2.19. The van der Waals surface area contributed by atoms with Gasteiger partial charge in [-0.1, -0.05) is 6.07 Å². The van der Waals surface area contributed by atoms with Gasteiger partial charge in [0.15, 0.2) is 0 Å². The lowest BCUT2D eigenvalue weighted by Gasteiger charge is -2.03. The molecule has 1 aromatic rings. The molecule has 2 aliphatic rings. The van der Waals surface area contributed by atoms with Gasteiger partial charge in [-0.05, 0) is 71.3 Å². The molecule has 0 aliphatic heterocycles. The molecule has 0 bridgehead atoms. The van der Waals surface area contributed by atoms with Gasteiger partial charge in [-0.3, -0.25) is 0 Å². The molecular formula is C13H15BrFN. The Kier molecular flexibility index (Phi) is 2.76. The lowest BCUT2D eigenvalue weighted by molar-refractivity contribution is 0.611. The van der Waals surface area contributed by atoms with E-state index in [1.807, 2.05) is 12.1 Å². The third kappa shape index (κ3) is 2.30. The molecule has 3 rings (SSSR count). The van der Waals surface area contributed by atoms with Crippen molar-refractivity contribution in [3.63, 3.8) is 0 Å². The monoisotopic (exact) mass is 283 g/mol. The maximum Gasteiger partial charge on any atom is 0.137 e. The van der Waals surface area contributed by atoms with Gasteiger partial charge in [0.2, 0.25) is 0 Å². The van der Waals surface area contributed by atoms with E-state index in [1.54, 1.807) is 6.07 Å². The van der Waals surface area contributed by atoms with Crippen LogP contribution in [0, 0.1) is 11.7 Å². The summed E-state index contributed by atoms with van der Waals surface area (Å²) in [7, 11) is 0. The summed E-state index contributed by atoms with van der Waals surface area (Å²) in [5.74, 6) is 1.16. The van der Waals surface area contributed by atoms with E-state index in [0.717, 1.165) is 24.1 Å². The van der Waals surface area contributed by atoms with Crippen molar-refractivity contribution in [2.45, 2.75) is 31.2 Å². The molecular weight excluding hydrogens is 269 g/mol. The fraction of sp³-hybridized carbons (Fsp3) is 0.538. The molecule has 1 nitrogen and oxygen atoms in total. The molecule has 86 valence electrons. The molecule has 2 aliphatic carbocycles. The number of halogens is 2. The topological polar surface area (TPSA) is 12.0 Å². The van der Waals surface area contributed by atoms with E-state index < -0.39 is 0 Å². The van der Waals surface area contributed by atoms with Crippen LogP contribution >= 0.6 is 15.9 Å². The Bertz CT molecular complexity index is 403. The quantitative estimate of drug-likeness (QED) is 0.893. The number of benzene rings is 1. The Balaban J connectivity index is 1.59. The first-order valence-electron chi connectivity index (χ1n) is 5.92. The molecule has 0 saturated heterocycles. The van der Waals surface area contributed by atoms with Gasteiger partial charge in [0.1, 0.15) is 5.82 Å². The van der Waals surface area contributed by atoms with Crippen LogP contribution in [0.2, 0.25) is 0 Å². The van der Waals surface area contributed by atoms with Crippen LogP contribution in [-0.4, -0.2) is 12.6 Å². The third-order valence-electron chi connectivity index (χ3n) is 3.54. The first kappa shape index (κ1) is 10.7. The molecule has 16 heavy (non-hydrogen) atoms. The third-order valence-corrected chi connectivity index (χ3v) is 4.18. The molecule has 1 N–H and O–H groups in total. The van der Waals surface area contributed by atoms with Gasteiger partial charge in [0, 0.05) is 6.04 Å². The summed E-state index contributed by atoms with van der Waals surface area (Å²) in [6, 6.07) is 6.30. The van der Waals surface area contributed by atoms with E-state index in [9.17, 15) is 4.39 Å². The second kappa shape index (κ2) is 4.11.